The molecule has 2 aromatic carbocycles. The van der Waals surface area contributed by atoms with Crippen LogP contribution in [0.4, 0.5) is 0 Å². The molecule has 2 amide bonds. The van der Waals surface area contributed by atoms with Gasteiger partial charge in [-0.25, -0.2) is 8.42 Å². The third kappa shape index (κ3) is 5.70. The largest absolute Gasteiger partial charge is 0.355 e. The molecule has 0 aliphatic carbocycles. The van der Waals surface area contributed by atoms with E-state index in [4.69, 9.17) is 16.4 Å². The Kier molecular flexibility index (Phi) is 8.65. The molecule has 3 fully saturated rings. The number of amides is 2. The fourth-order valence-corrected chi connectivity index (χ4v) is 7.77. The topological polar surface area (TPSA) is 108 Å². The molecular formula is C28H35ClN4O6S. The van der Waals surface area contributed by atoms with Gasteiger partial charge in [-0.3, -0.25) is 14.4 Å². The van der Waals surface area contributed by atoms with Crippen LogP contribution in [-0.4, -0.2) is 96.7 Å². The van der Waals surface area contributed by atoms with E-state index in [1.165, 1.54) is 29.9 Å². The van der Waals surface area contributed by atoms with Crippen LogP contribution in [-0.2, 0) is 29.2 Å². The Labute approximate surface area is 239 Å². The molecule has 0 N–H and O–H groups in total. The van der Waals surface area contributed by atoms with Crippen molar-refractivity contribution in [1.82, 2.24) is 19.2 Å². The summed E-state index contributed by atoms with van der Waals surface area (Å²) in [7, 11) is -4.39. The van der Waals surface area contributed by atoms with Gasteiger partial charge in [-0.1, -0.05) is 23.7 Å². The lowest BCUT2D eigenvalue weighted by Gasteiger charge is -2.40. The van der Waals surface area contributed by atoms with Crippen LogP contribution < -0.4 is 0 Å². The van der Waals surface area contributed by atoms with Crippen molar-refractivity contribution in [3.8, 4) is 0 Å². The van der Waals surface area contributed by atoms with Gasteiger partial charge < -0.3 is 19.5 Å². The summed E-state index contributed by atoms with van der Waals surface area (Å²) in [6.07, 6.45) is 5.36. The number of benzene rings is 2. The standard InChI is InChI=1S/C28H35ClN4O6S/c1-20(27(35)32-14-3-2-6-24(32)18-30-12-4-5-13-30)31-15-11-26(28(31)36)33(39-19-34)40(37,38)25-10-8-21-16-23(29)9-7-22(21)17-25/h7-10,16-17,19-20,24,26H,2-6,11-15,18H2,1H3/t20-,24?,26?/m0/s1. The minimum absolute atomic E-state index is 0.000421. The molecule has 3 atom stereocenters. The van der Waals surface area contributed by atoms with E-state index in [9.17, 15) is 22.8 Å². The number of carbonyl (C=O) groups excluding carboxylic acids is 3. The lowest BCUT2D eigenvalue weighted by atomic mass is 10.0. The quantitative estimate of drug-likeness (QED) is 0.326. The zero-order valence-electron chi connectivity index (χ0n) is 22.6. The molecule has 40 heavy (non-hydrogen) atoms. The van der Waals surface area contributed by atoms with E-state index in [2.05, 4.69) is 4.90 Å². The summed E-state index contributed by atoms with van der Waals surface area (Å²) < 4.78 is 27.7. The summed E-state index contributed by atoms with van der Waals surface area (Å²) in [6, 6.07) is 7.56. The van der Waals surface area contributed by atoms with E-state index in [1.54, 1.807) is 31.2 Å². The number of nitrogens with zero attached hydrogens (tertiary/aromatic N) is 4. The minimum Gasteiger partial charge on any atom is -0.355 e. The van der Waals surface area contributed by atoms with Gasteiger partial charge in [0.25, 0.3) is 10.0 Å². The highest BCUT2D eigenvalue weighted by molar-refractivity contribution is 7.89. The Bertz CT molecular complexity index is 1380. The molecule has 0 spiro atoms. The van der Waals surface area contributed by atoms with Crippen LogP contribution in [0.2, 0.25) is 5.02 Å². The van der Waals surface area contributed by atoms with Gasteiger partial charge in [0.1, 0.15) is 12.1 Å². The van der Waals surface area contributed by atoms with Gasteiger partial charge in [0.15, 0.2) is 0 Å². The smallest absolute Gasteiger partial charge is 0.314 e. The second-order valence-corrected chi connectivity index (χ2v) is 13.0. The lowest BCUT2D eigenvalue weighted by molar-refractivity contribution is -0.164. The van der Waals surface area contributed by atoms with Gasteiger partial charge in [-0.2, -0.15) is 0 Å². The Morgan fingerprint density at radius 2 is 1.75 bits per heavy atom. The van der Waals surface area contributed by atoms with Gasteiger partial charge in [0.2, 0.25) is 11.8 Å². The number of carbonyl (C=O) groups is 3. The molecule has 0 bridgehead atoms. The van der Waals surface area contributed by atoms with Crippen LogP contribution in [0.1, 0.15) is 45.4 Å². The maximum atomic E-state index is 13.7. The predicted molar refractivity (Wildman–Crippen MR) is 150 cm³/mol. The molecule has 0 saturated carbocycles. The number of rotatable bonds is 9. The first kappa shape index (κ1) is 28.8. The summed E-state index contributed by atoms with van der Waals surface area (Å²) >= 11 is 6.04. The van der Waals surface area contributed by atoms with Crippen LogP contribution in [0.3, 0.4) is 0 Å². The van der Waals surface area contributed by atoms with E-state index in [-0.39, 0.29) is 36.3 Å². The molecule has 10 nitrogen and oxygen atoms in total. The molecule has 216 valence electrons. The fraction of sp³-hybridized carbons (Fsp3) is 0.536. The molecule has 3 aliphatic rings. The number of fused-ring (bicyclic) bond motifs is 1. The highest BCUT2D eigenvalue weighted by atomic mass is 35.5. The number of hydroxylamine groups is 1. The molecule has 3 aliphatic heterocycles. The molecule has 3 saturated heterocycles. The zero-order valence-corrected chi connectivity index (χ0v) is 24.1. The van der Waals surface area contributed by atoms with Crippen molar-refractivity contribution < 1.29 is 27.6 Å². The third-order valence-electron chi connectivity index (χ3n) is 8.32. The van der Waals surface area contributed by atoms with Crippen LogP contribution >= 0.6 is 11.6 Å². The molecule has 12 heteroatoms. The average Bonchev–Trinajstić information content (AvgIpc) is 3.60. The Balaban J connectivity index is 1.33. The highest BCUT2D eigenvalue weighted by Gasteiger charge is 2.47. The van der Waals surface area contributed by atoms with E-state index >= 15 is 0 Å². The fourth-order valence-electron chi connectivity index (χ4n) is 6.18. The normalized spacial score (nSPS) is 23.2. The van der Waals surface area contributed by atoms with Crippen molar-refractivity contribution in [3.63, 3.8) is 0 Å². The Morgan fingerprint density at radius 1 is 1.05 bits per heavy atom. The van der Waals surface area contributed by atoms with Gasteiger partial charge in [0.05, 0.1) is 4.90 Å². The molecule has 3 heterocycles. The van der Waals surface area contributed by atoms with E-state index in [0.717, 1.165) is 44.3 Å². The second kappa shape index (κ2) is 12.0. The number of sulfonamides is 1. The Morgan fingerprint density at radius 3 is 2.50 bits per heavy atom. The SMILES string of the molecule is C[C@@H](C(=O)N1CCCCC1CN1CCCC1)N1CCC(N(OC=O)S(=O)(=O)c2ccc3cc(Cl)ccc3c2)C1=O. The van der Waals surface area contributed by atoms with Gasteiger partial charge in [-0.15, -0.1) is 0 Å². The van der Waals surface area contributed by atoms with E-state index < -0.39 is 28.0 Å². The van der Waals surface area contributed by atoms with Crippen molar-refractivity contribution in [3.05, 3.63) is 41.4 Å². The van der Waals surface area contributed by atoms with E-state index in [1.807, 2.05) is 4.90 Å². The van der Waals surface area contributed by atoms with Gasteiger partial charge in [0, 0.05) is 30.7 Å². The maximum Gasteiger partial charge on any atom is 0.314 e. The first-order valence-electron chi connectivity index (χ1n) is 13.9. The summed E-state index contributed by atoms with van der Waals surface area (Å²) in [5.41, 5.74) is 0. The maximum absolute atomic E-state index is 13.7. The Hall–Kier alpha value is -2.73. The molecule has 0 aromatic heterocycles. The molecule has 2 aromatic rings. The van der Waals surface area contributed by atoms with Gasteiger partial charge >= 0.3 is 6.47 Å². The summed E-state index contributed by atoms with van der Waals surface area (Å²) in [6.45, 7) is 5.45. The van der Waals surface area contributed by atoms with Crippen molar-refractivity contribution >= 4 is 50.7 Å². The van der Waals surface area contributed by atoms with Crippen LogP contribution in [0, 0.1) is 0 Å². The third-order valence-corrected chi connectivity index (χ3v) is 10.2. The summed E-state index contributed by atoms with van der Waals surface area (Å²) in [4.78, 5) is 49.2. The number of hydrogen-bond acceptors (Lipinski definition) is 7. The average molecular weight is 591 g/mol. The molecule has 0 radical (unpaired) electrons. The first-order valence-corrected chi connectivity index (χ1v) is 15.7. The highest BCUT2D eigenvalue weighted by Crippen LogP contribution is 2.30. The van der Waals surface area contributed by atoms with Crippen molar-refractivity contribution in [1.29, 1.82) is 0 Å². The number of likely N-dealkylation sites (tertiary alicyclic amines) is 3. The van der Waals surface area contributed by atoms with Crippen molar-refractivity contribution in [2.75, 3.05) is 32.7 Å². The second-order valence-electron chi connectivity index (χ2n) is 10.8. The number of hydrogen-bond donors (Lipinski definition) is 0. The number of halogens is 1. The van der Waals surface area contributed by atoms with Crippen molar-refractivity contribution in [2.24, 2.45) is 0 Å². The molecular weight excluding hydrogens is 556 g/mol. The predicted octanol–water partition coefficient (Wildman–Crippen LogP) is 3.04. The first-order chi connectivity index (χ1) is 19.2. The zero-order chi connectivity index (χ0) is 28.4. The van der Waals surface area contributed by atoms with Gasteiger partial charge in [-0.05, 0) is 98.0 Å². The molecule has 5 rings (SSSR count). The van der Waals surface area contributed by atoms with Crippen molar-refractivity contribution in [2.45, 2.75) is 68.5 Å². The number of piperidine rings is 1. The minimum atomic E-state index is -4.39. The molecule has 2 unspecified atom stereocenters. The summed E-state index contributed by atoms with van der Waals surface area (Å²) in [5.74, 6) is -0.691. The van der Waals surface area contributed by atoms with Crippen LogP contribution in [0.15, 0.2) is 41.3 Å². The van der Waals surface area contributed by atoms with Crippen LogP contribution in [0.5, 0.6) is 0 Å². The summed E-state index contributed by atoms with van der Waals surface area (Å²) in [5, 5.41) is 1.88. The van der Waals surface area contributed by atoms with E-state index in [0.29, 0.717) is 21.4 Å². The monoisotopic (exact) mass is 590 g/mol. The van der Waals surface area contributed by atoms with Crippen LogP contribution in [0.25, 0.3) is 10.8 Å². The lowest BCUT2D eigenvalue weighted by Crippen LogP contribution is -2.56.